The summed E-state index contributed by atoms with van der Waals surface area (Å²) < 4.78 is 5.11. The summed E-state index contributed by atoms with van der Waals surface area (Å²) >= 11 is 5.88. The van der Waals surface area contributed by atoms with Crippen molar-refractivity contribution in [2.45, 2.75) is 12.8 Å². The Morgan fingerprint density at radius 3 is 2.46 bits per heavy atom. The maximum absolute atomic E-state index is 12.3. The molecule has 2 aromatic carbocycles. The zero-order valence-electron chi connectivity index (χ0n) is 13.8. The van der Waals surface area contributed by atoms with Gasteiger partial charge in [0.05, 0.1) is 23.9 Å². The monoisotopic (exact) mass is 377 g/mol. The number of carbonyl (C=O) groups excluding carboxylic acids is 2. The Morgan fingerprint density at radius 2 is 1.85 bits per heavy atom. The van der Waals surface area contributed by atoms with Crippen LogP contribution in [0.4, 0.5) is 5.69 Å². The highest BCUT2D eigenvalue weighted by atomic mass is 35.5. The summed E-state index contributed by atoms with van der Waals surface area (Å²) in [6.45, 7) is 0. The number of amides is 1. The number of carboxylic acids is 1. The number of phenols is 1. The van der Waals surface area contributed by atoms with E-state index in [2.05, 4.69) is 5.32 Å². The number of Topliss-reactive ketones (excluding diaryl/α,β-unsaturated/α-hetero) is 1. The lowest BCUT2D eigenvalue weighted by Crippen LogP contribution is -2.14. The van der Waals surface area contributed by atoms with Gasteiger partial charge in [-0.3, -0.25) is 9.59 Å². The molecule has 0 saturated heterocycles. The van der Waals surface area contributed by atoms with Crippen LogP contribution in [0.2, 0.25) is 5.02 Å². The third kappa shape index (κ3) is 4.73. The van der Waals surface area contributed by atoms with E-state index < -0.39 is 11.9 Å². The number of carbonyl (C=O) groups is 3. The lowest BCUT2D eigenvalue weighted by atomic mass is 10.1. The molecule has 1 amide bonds. The van der Waals surface area contributed by atoms with Crippen LogP contribution in [0.15, 0.2) is 36.4 Å². The molecular formula is C18H16ClNO6. The summed E-state index contributed by atoms with van der Waals surface area (Å²) in [5.74, 6) is -2.02. The van der Waals surface area contributed by atoms with E-state index in [1.807, 2.05) is 0 Å². The largest absolute Gasteiger partial charge is 0.506 e. The average molecular weight is 378 g/mol. The maximum Gasteiger partial charge on any atom is 0.335 e. The van der Waals surface area contributed by atoms with E-state index in [-0.39, 0.29) is 41.2 Å². The fraction of sp³-hybridized carbons (Fsp3) is 0.167. The van der Waals surface area contributed by atoms with Crippen molar-refractivity contribution in [3.63, 3.8) is 0 Å². The van der Waals surface area contributed by atoms with Crippen LogP contribution in [0.25, 0.3) is 0 Å². The number of ketones is 1. The molecule has 0 bridgehead atoms. The molecule has 8 heteroatoms. The van der Waals surface area contributed by atoms with E-state index in [1.54, 1.807) is 12.1 Å². The molecule has 0 aliphatic rings. The molecule has 0 heterocycles. The van der Waals surface area contributed by atoms with Gasteiger partial charge in [0, 0.05) is 17.9 Å². The van der Waals surface area contributed by atoms with Gasteiger partial charge in [0.25, 0.3) is 0 Å². The quantitative estimate of drug-likeness (QED) is 0.503. The molecule has 7 nitrogen and oxygen atoms in total. The molecule has 0 aromatic heterocycles. The Labute approximate surface area is 154 Å². The topological polar surface area (TPSA) is 113 Å². The molecule has 2 rings (SSSR count). The normalized spacial score (nSPS) is 10.2. The number of anilines is 1. The van der Waals surface area contributed by atoms with Gasteiger partial charge in [-0.25, -0.2) is 4.79 Å². The van der Waals surface area contributed by atoms with Crippen LogP contribution in [0.1, 0.15) is 33.6 Å². The predicted molar refractivity (Wildman–Crippen MR) is 95.3 cm³/mol. The van der Waals surface area contributed by atoms with Crippen molar-refractivity contribution in [3.8, 4) is 11.5 Å². The minimum Gasteiger partial charge on any atom is -0.506 e. The highest BCUT2D eigenvalue weighted by Crippen LogP contribution is 2.26. The second kappa shape index (κ2) is 8.35. The maximum atomic E-state index is 12.3. The average Bonchev–Trinajstić information content (AvgIpc) is 2.61. The van der Waals surface area contributed by atoms with Crippen molar-refractivity contribution in [3.05, 3.63) is 52.5 Å². The first kappa shape index (κ1) is 19.3. The predicted octanol–water partition coefficient (Wildman–Crippen LogP) is 3.35. The number of aromatic hydroxyl groups is 1. The van der Waals surface area contributed by atoms with Crippen molar-refractivity contribution < 1.29 is 29.3 Å². The first-order valence-electron chi connectivity index (χ1n) is 7.54. The molecular weight excluding hydrogens is 362 g/mol. The van der Waals surface area contributed by atoms with Gasteiger partial charge in [-0.1, -0.05) is 11.6 Å². The van der Waals surface area contributed by atoms with Gasteiger partial charge in [0.2, 0.25) is 5.91 Å². The molecule has 0 atom stereocenters. The van der Waals surface area contributed by atoms with Crippen molar-refractivity contribution >= 4 is 34.9 Å². The summed E-state index contributed by atoms with van der Waals surface area (Å²) in [7, 11) is 1.43. The van der Waals surface area contributed by atoms with Gasteiger partial charge in [-0.2, -0.15) is 0 Å². The molecule has 0 spiro atoms. The van der Waals surface area contributed by atoms with Gasteiger partial charge in [0.15, 0.2) is 5.78 Å². The summed E-state index contributed by atoms with van der Waals surface area (Å²) in [6, 6.07) is 8.18. The van der Waals surface area contributed by atoms with Crippen LogP contribution >= 0.6 is 11.6 Å². The number of hydrogen-bond donors (Lipinski definition) is 3. The van der Waals surface area contributed by atoms with E-state index in [0.717, 1.165) is 6.07 Å². The number of hydrogen-bond acceptors (Lipinski definition) is 5. The third-order valence-electron chi connectivity index (χ3n) is 3.56. The molecule has 0 aliphatic heterocycles. The Morgan fingerprint density at radius 1 is 1.12 bits per heavy atom. The Hall–Kier alpha value is -3.06. The van der Waals surface area contributed by atoms with Crippen molar-refractivity contribution in [1.82, 2.24) is 0 Å². The van der Waals surface area contributed by atoms with E-state index in [0.29, 0.717) is 10.8 Å². The molecule has 0 radical (unpaired) electrons. The summed E-state index contributed by atoms with van der Waals surface area (Å²) in [6.07, 6.45) is -0.217. The number of aromatic carboxylic acids is 1. The first-order valence-corrected chi connectivity index (χ1v) is 7.92. The number of methoxy groups -OCH3 is 1. The Kier molecular flexibility index (Phi) is 6.19. The Bertz CT molecular complexity index is 865. The second-order valence-corrected chi connectivity index (χ2v) is 5.79. The van der Waals surface area contributed by atoms with Crippen LogP contribution in [-0.4, -0.2) is 35.0 Å². The van der Waals surface area contributed by atoms with E-state index in [9.17, 15) is 19.5 Å². The third-order valence-corrected chi connectivity index (χ3v) is 3.79. The number of halogens is 1. The minimum absolute atomic E-state index is 0.0628. The highest BCUT2D eigenvalue weighted by molar-refractivity contribution is 6.31. The molecule has 0 aliphatic carbocycles. The fourth-order valence-corrected chi connectivity index (χ4v) is 2.42. The molecule has 136 valence electrons. The summed E-state index contributed by atoms with van der Waals surface area (Å²) in [5.41, 5.74) is 0.234. The molecule has 2 aromatic rings. The fourth-order valence-electron chi connectivity index (χ4n) is 2.24. The van der Waals surface area contributed by atoms with Crippen molar-refractivity contribution in [1.29, 1.82) is 0 Å². The van der Waals surface area contributed by atoms with E-state index >= 15 is 0 Å². The van der Waals surface area contributed by atoms with Gasteiger partial charge >= 0.3 is 5.97 Å². The molecule has 0 fully saturated rings. The second-order valence-electron chi connectivity index (χ2n) is 5.35. The van der Waals surface area contributed by atoms with Gasteiger partial charge in [0.1, 0.15) is 11.5 Å². The summed E-state index contributed by atoms with van der Waals surface area (Å²) in [5, 5.41) is 21.4. The zero-order valence-corrected chi connectivity index (χ0v) is 14.5. The zero-order chi connectivity index (χ0) is 19.3. The molecule has 0 unspecified atom stereocenters. The van der Waals surface area contributed by atoms with Crippen molar-refractivity contribution in [2.75, 3.05) is 12.4 Å². The lowest BCUT2D eigenvalue weighted by Gasteiger charge is -2.09. The minimum atomic E-state index is -1.20. The van der Waals surface area contributed by atoms with E-state index in [4.69, 9.17) is 21.4 Å². The molecule has 26 heavy (non-hydrogen) atoms. The van der Waals surface area contributed by atoms with Gasteiger partial charge in [-0.05, 0) is 36.4 Å². The standard InChI is InChI=1S/C18H16ClNO6/c1-26-16-6-3-11(19)9-12(16)14(21)5-7-17(23)20-13-4-2-10(18(24)25)8-15(13)22/h2-4,6,8-9,22H,5,7H2,1H3,(H,20,23)(H,24,25). The van der Waals surface area contributed by atoms with Crippen molar-refractivity contribution in [2.24, 2.45) is 0 Å². The number of carboxylic acid groups (broad SMARTS) is 1. The van der Waals surface area contributed by atoms with Crippen LogP contribution < -0.4 is 10.1 Å². The van der Waals surface area contributed by atoms with Crippen LogP contribution in [-0.2, 0) is 4.79 Å². The number of ether oxygens (including phenoxy) is 1. The number of phenolic OH excluding ortho intramolecular Hbond substituents is 1. The molecule has 3 N–H and O–H groups in total. The number of nitrogens with one attached hydrogen (secondary N) is 1. The summed E-state index contributed by atoms with van der Waals surface area (Å²) in [4.78, 5) is 35.1. The molecule has 0 saturated carbocycles. The highest BCUT2D eigenvalue weighted by Gasteiger charge is 2.16. The van der Waals surface area contributed by atoms with E-state index in [1.165, 1.54) is 25.3 Å². The first-order chi connectivity index (χ1) is 12.3. The number of rotatable bonds is 7. The Balaban J connectivity index is 2.00. The van der Waals surface area contributed by atoms with Gasteiger partial charge < -0.3 is 20.3 Å². The van der Waals surface area contributed by atoms with Gasteiger partial charge in [-0.15, -0.1) is 0 Å². The SMILES string of the molecule is COc1ccc(Cl)cc1C(=O)CCC(=O)Nc1ccc(C(=O)O)cc1O. The van der Waals surface area contributed by atoms with Crippen LogP contribution in [0, 0.1) is 0 Å². The van der Waals surface area contributed by atoms with Crippen LogP contribution in [0.3, 0.4) is 0 Å². The number of benzene rings is 2. The lowest BCUT2D eigenvalue weighted by molar-refractivity contribution is -0.116. The van der Waals surface area contributed by atoms with Crippen LogP contribution in [0.5, 0.6) is 11.5 Å². The smallest absolute Gasteiger partial charge is 0.335 e.